The van der Waals surface area contributed by atoms with E-state index < -0.39 is 0 Å². The van der Waals surface area contributed by atoms with E-state index in [4.69, 9.17) is 5.11 Å². The van der Waals surface area contributed by atoms with Crippen molar-refractivity contribution in [1.82, 2.24) is 5.32 Å². The lowest BCUT2D eigenvalue weighted by Gasteiger charge is -2.11. The molecule has 2 nitrogen and oxygen atoms in total. The van der Waals surface area contributed by atoms with Crippen LogP contribution in [0.1, 0.15) is 18.4 Å². The first-order chi connectivity index (χ1) is 6.34. The molecule has 0 aliphatic carbocycles. The first kappa shape index (κ1) is 10.2. The Kier molecular flexibility index (Phi) is 4.50. The quantitative estimate of drug-likeness (QED) is 0.669. The van der Waals surface area contributed by atoms with E-state index in [0.717, 1.165) is 6.54 Å². The summed E-state index contributed by atoms with van der Waals surface area (Å²) < 4.78 is 0. The van der Waals surface area contributed by atoms with Crippen LogP contribution in [0.4, 0.5) is 0 Å². The van der Waals surface area contributed by atoms with Gasteiger partial charge in [-0.05, 0) is 11.5 Å². The van der Waals surface area contributed by atoms with Crippen LogP contribution >= 0.6 is 0 Å². The van der Waals surface area contributed by atoms with Crippen molar-refractivity contribution in [2.45, 2.75) is 12.8 Å². The summed E-state index contributed by atoms with van der Waals surface area (Å²) in [5.41, 5.74) is 1.34. The van der Waals surface area contributed by atoms with Gasteiger partial charge >= 0.3 is 0 Å². The monoisotopic (exact) mass is 179 g/mol. The van der Waals surface area contributed by atoms with Crippen molar-refractivity contribution in [3.05, 3.63) is 35.9 Å². The molecule has 1 atom stereocenters. The van der Waals surface area contributed by atoms with Crippen molar-refractivity contribution in [3.8, 4) is 0 Å². The molecule has 0 aromatic heterocycles. The van der Waals surface area contributed by atoms with E-state index in [-0.39, 0.29) is 6.61 Å². The molecular formula is C11H17NO. The van der Waals surface area contributed by atoms with Crippen LogP contribution in [0, 0.1) is 0 Å². The fourth-order valence-electron chi connectivity index (χ4n) is 1.30. The Balaban J connectivity index is 2.35. The summed E-state index contributed by atoms with van der Waals surface area (Å²) in [6.45, 7) is 3.99. The molecule has 0 saturated heterocycles. The normalized spacial score (nSPS) is 12.8. The Labute approximate surface area is 79.6 Å². The van der Waals surface area contributed by atoms with E-state index in [1.807, 2.05) is 6.07 Å². The Bertz CT molecular complexity index is 223. The Morgan fingerprint density at radius 2 is 2.00 bits per heavy atom. The van der Waals surface area contributed by atoms with Crippen molar-refractivity contribution in [1.29, 1.82) is 0 Å². The van der Waals surface area contributed by atoms with Crippen LogP contribution in [-0.4, -0.2) is 24.8 Å². The lowest BCUT2D eigenvalue weighted by Crippen LogP contribution is -2.23. The SMILES string of the molecule is C[C@H](CNCCO)c1ccccc1. The number of aliphatic hydroxyl groups is 1. The first-order valence-electron chi connectivity index (χ1n) is 4.71. The second-order valence-corrected chi connectivity index (χ2v) is 3.24. The number of hydrogen-bond donors (Lipinski definition) is 2. The molecule has 1 aromatic rings. The topological polar surface area (TPSA) is 32.3 Å². The molecular weight excluding hydrogens is 162 g/mol. The van der Waals surface area contributed by atoms with Crippen molar-refractivity contribution < 1.29 is 5.11 Å². The van der Waals surface area contributed by atoms with E-state index in [2.05, 4.69) is 36.5 Å². The zero-order valence-corrected chi connectivity index (χ0v) is 8.03. The highest BCUT2D eigenvalue weighted by Gasteiger charge is 2.02. The number of nitrogens with one attached hydrogen (secondary N) is 1. The largest absolute Gasteiger partial charge is 0.395 e. The fourth-order valence-corrected chi connectivity index (χ4v) is 1.30. The van der Waals surface area contributed by atoms with Gasteiger partial charge in [-0.15, -0.1) is 0 Å². The minimum atomic E-state index is 0.210. The maximum atomic E-state index is 8.59. The predicted octanol–water partition coefficient (Wildman–Crippen LogP) is 1.37. The van der Waals surface area contributed by atoms with Gasteiger partial charge in [0.1, 0.15) is 0 Å². The first-order valence-corrected chi connectivity index (χ1v) is 4.71. The van der Waals surface area contributed by atoms with Crippen LogP contribution in [0.5, 0.6) is 0 Å². The van der Waals surface area contributed by atoms with Crippen molar-refractivity contribution in [2.24, 2.45) is 0 Å². The number of benzene rings is 1. The molecule has 0 radical (unpaired) electrons. The second kappa shape index (κ2) is 5.73. The molecule has 0 fully saturated rings. The zero-order valence-electron chi connectivity index (χ0n) is 8.03. The molecule has 0 aliphatic rings. The summed E-state index contributed by atoms with van der Waals surface area (Å²) in [5, 5.41) is 11.8. The zero-order chi connectivity index (χ0) is 9.52. The van der Waals surface area contributed by atoms with Crippen LogP contribution in [0.25, 0.3) is 0 Å². The van der Waals surface area contributed by atoms with Crippen molar-refractivity contribution >= 4 is 0 Å². The maximum absolute atomic E-state index is 8.59. The minimum absolute atomic E-state index is 0.210. The smallest absolute Gasteiger partial charge is 0.0555 e. The molecule has 0 bridgehead atoms. The third-order valence-corrected chi connectivity index (χ3v) is 2.11. The lowest BCUT2D eigenvalue weighted by atomic mass is 10.0. The molecule has 72 valence electrons. The van der Waals surface area contributed by atoms with Gasteiger partial charge in [0.25, 0.3) is 0 Å². The predicted molar refractivity (Wildman–Crippen MR) is 54.8 cm³/mol. The van der Waals surface area contributed by atoms with Gasteiger partial charge in [-0.3, -0.25) is 0 Å². The maximum Gasteiger partial charge on any atom is 0.0555 e. The standard InChI is InChI=1S/C11H17NO/c1-10(9-12-7-8-13)11-5-3-2-4-6-11/h2-6,10,12-13H,7-9H2,1H3/t10-/m1/s1. The van der Waals surface area contributed by atoms with E-state index in [1.165, 1.54) is 5.56 Å². The lowest BCUT2D eigenvalue weighted by molar-refractivity contribution is 0.291. The van der Waals surface area contributed by atoms with Crippen LogP contribution in [0.3, 0.4) is 0 Å². The number of hydrogen-bond acceptors (Lipinski definition) is 2. The summed E-state index contributed by atoms with van der Waals surface area (Å²) in [5.74, 6) is 0.507. The molecule has 0 unspecified atom stereocenters. The summed E-state index contributed by atoms with van der Waals surface area (Å²) in [6, 6.07) is 10.4. The van der Waals surface area contributed by atoms with E-state index in [9.17, 15) is 0 Å². The molecule has 2 N–H and O–H groups in total. The molecule has 0 heterocycles. The molecule has 13 heavy (non-hydrogen) atoms. The van der Waals surface area contributed by atoms with E-state index in [1.54, 1.807) is 0 Å². The van der Waals surface area contributed by atoms with Gasteiger partial charge in [0, 0.05) is 13.1 Å². The van der Waals surface area contributed by atoms with Gasteiger partial charge in [-0.25, -0.2) is 0 Å². The van der Waals surface area contributed by atoms with Crippen LogP contribution in [0.2, 0.25) is 0 Å². The highest BCUT2D eigenvalue weighted by Crippen LogP contribution is 2.12. The summed E-state index contributed by atoms with van der Waals surface area (Å²) in [7, 11) is 0. The van der Waals surface area contributed by atoms with Gasteiger partial charge in [-0.2, -0.15) is 0 Å². The van der Waals surface area contributed by atoms with Crippen molar-refractivity contribution in [3.63, 3.8) is 0 Å². The van der Waals surface area contributed by atoms with Crippen LogP contribution in [-0.2, 0) is 0 Å². The van der Waals surface area contributed by atoms with Crippen LogP contribution < -0.4 is 5.32 Å². The fraction of sp³-hybridized carbons (Fsp3) is 0.455. The van der Waals surface area contributed by atoms with Gasteiger partial charge in [-0.1, -0.05) is 37.3 Å². The average Bonchev–Trinajstić information content (AvgIpc) is 2.19. The minimum Gasteiger partial charge on any atom is -0.395 e. The summed E-state index contributed by atoms with van der Waals surface area (Å²) in [4.78, 5) is 0. The average molecular weight is 179 g/mol. The third-order valence-electron chi connectivity index (χ3n) is 2.11. The van der Waals surface area contributed by atoms with Gasteiger partial charge in [0.05, 0.1) is 6.61 Å². The van der Waals surface area contributed by atoms with E-state index >= 15 is 0 Å². The number of aliphatic hydroxyl groups excluding tert-OH is 1. The molecule has 2 heteroatoms. The molecule has 0 spiro atoms. The van der Waals surface area contributed by atoms with E-state index in [0.29, 0.717) is 12.5 Å². The Morgan fingerprint density at radius 3 is 2.62 bits per heavy atom. The molecule has 0 amide bonds. The molecule has 0 saturated carbocycles. The van der Waals surface area contributed by atoms with Crippen LogP contribution in [0.15, 0.2) is 30.3 Å². The second-order valence-electron chi connectivity index (χ2n) is 3.24. The molecule has 1 aromatic carbocycles. The van der Waals surface area contributed by atoms with Gasteiger partial charge in [0.15, 0.2) is 0 Å². The number of rotatable bonds is 5. The Morgan fingerprint density at radius 1 is 1.31 bits per heavy atom. The summed E-state index contributed by atoms with van der Waals surface area (Å²) in [6.07, 6.45) is 0. The third kappa shape index (κ3) is 3.57. The summed E-state index contributed by atoms with van der Waals surface area (Å²) >= 11 is 0. The molecule has 1 rings (SSSR count). The van der Waals surface area contributed by atoms with Crippen molar-refractivity contribution in [2.75, 3.05) is 19.7 Å². The van der Waals surface area contributed by atoms with Gasteiger partial charge < -0.3 is 10.4 Å². The van der Waals surface area contributed by atoms with Gasteiger partial charge in [0.2, 0.25) is 0 Å². The highest BCUT2D eigenvalue weighted by molar-refractivity contribution is 5.18. The highest BCUT2D eigenvalue weighted by atomic mass is 16.3. The Hall–Kier alpha value is -0.860. The molecule has 0 aliphatic heterocycles.